The van der Waals surface area contributed by atoms with Crippen LogP contribution in [0.25, 0.3) is 22.7 Å². The number of furan rings is 1. The summed E-state index contributed by atoms with van der Waals surface area (Å²) in [6.07, 6.45) is 7.25. The van der Waals surface area contributed by atoms with Gasteiger partial charge in [-0.25, -0.2) is 4.98 Å². The molecule has 0 N–H and O–H groups in total. The monoisotopic (exact) mass is 401 g/mol. The molecule has 0 saturated heterocycles. The highest BCUT2D eigenvalue weighted by Crippen LogP contribution is 2.39. The number of ether oxygens (including phenoxy) is 2. The highest BCUT2D eigenvalue weighted by Gasteiger charge is 2.31. The van der Waals surface area contributed by atoms with E-state index >= 15 is 0 Å². The average Bonchev–Trinajstić information content (AvgIpc) is 3.52. The lowest BCUT2D eigenvalue weighted by atomic mass is 10.1. The lowest BCUT2D eigenvalue weighted by Gasteiger charge is -2.17. The second-order valence-corrected chi connectivity index (χ2v) is 7.36. The van der Waals surface area contributed by atoms with Gasteiger partial charge in [-0.1, -0.05) is 12.1 Å². The first kappa shape index (κ1) is 18.6. The van der Waals surface area contributed by atoms with E-state index in [4.69, 9.17) is 18.9 Å². The molecule has 0 spiro atoms. The first-order chi connectivity index (χ1) is 14.8. The molecular formula is C24H23N3O3. The third-order valence-corrected chi connectivity index (χ3v) is 5.50. The van der Waals surface area contributed by atoms with Crippen molar-refractivity contribution in [2.24, 2.45) is 0 Å². The Balaban J connectivity index is 1.40. The van der Waals surface area contributed by atoms with Crippen LogP contribution in [0.2, 0.25) is 0 Å². The van der Waals surface area contributed by atoms with Crippen LogP contribution in [0.3, 0.4) is 0 Å². The summed E-state index contributed by atoms with van der Waals surface area (Å²) in [5.74, 6) is 2.71. The van der Waals surface area contributed by atoms with Crippen LogP contribution < -0.4 is 4.74 Å². The van der Waals surface area contributed by atoms with Crippen LogP contribution in [-0.4, -0.2) is 28.3 Å². The van der Waals surface area contributed by atoms with Crippen molar-refractivity contribution in [3.8, 4) is 28.5 Å². The summed E-state index contributed by atoms with van der Waals surface area (Å²) in [5, 5.41) is 0. The van der Waals surface area contributed by atoms with E-state index in [1.54, 1.807) is 13.4 Å². The third-order valence-electron chi connectivity index (χ3n) is 5.50. The molecule has 1 aliphatic heterocycles. The Kier molecular flexibility index (Phi) is 5.07. The van der Waals surface area contributed by atoms with E-state index in [0.29, 0.717) is 13.2 Å². The molecule has 152 valence electrons. The molecule has 4 aromatic rings. The van der Waals surface area contributed by atoms with Crippen LogP contribution in [0.4, 0.5) is 0 Å². The van der Waals surface area contributed by atoms with Gasteiger partial charge in [-0.3, -0.25) is 4.98 Å². The maximum Gasteiger partial charge on any atom is 0.154 e. The third kappa shape index (κ3) is 3.50. The van der Waals surface area contributed by atoms with Crippen LogP contribution in [0.1, 0.15) is 23.9 Å². The summed E-state index contributed by atoms with van der Waals surface area (Å²) in [6.45, 7) is 1.20. The fraction of sp³-hybridized carbons (Fsp3) is 0.250. The van der Waals surface area contributed by atoms with Gasteiger partial charge >= 0.3 is 0 Å². The number of hydrogen-bond donors (Lipinski definition) is 0. The van der Waals surface area contributed by atoms with Crippen molar-refractivity contribution in [2.45, 2.75) is 25.5 Å². The molecule has 0 radical (unpaired) electrons. The van der Waals surface area contributed by atoms with E-state index in [9.17, 15) is 0 Å². The second kappa shape index (κ2) is 8.16. The molecule has 0 saturated carbocycles. The highest BCUT2D eigenvalue weighted by molar-refractivity contribution is 5.77. The molecule has 0 unspecified atom stereocenters. The van der Waals surface area contributed by atoms with Crippen LogP contribution in [0.15, 0.2) is 71.6 Å². The molecule has 6 heteroatoms. The molecule has 3 aromatic heterocycles. The predicted molar refractivity (Wildman–Crippen MR) is 113 cm³/mol. The molecule has 0 aliphatic carbocycles. The summed E-state index contributed by atoms with van der Waals surface area (Å²) < 4.78 is 19.3. The van der Waals surface area contributed by atoms with Gasteiger partial charge in [0.05, 0.1) is 38.3 Å². The molecule has 1 aromatic carbocycles. The molecule has 0 amide bonds. The van der Waals surface area contributed by atoms with E-state index in [0.717, 1.165) is 52.7 Å². The Morgan fingerprint density at radius 3 is 2.67 bits per heavy atom. The van der Waals surface area contributed by atoms with Crippen LogP contribution in [0.5, 0.6) is 5.75 Å². The molecule has 1 aliphatic rings. The Morgan fingerprint density at radius 2 is 1.93 bits per heavy atom. The number of fused-ring (bicyclic) bond motifs is 1. The fourth-order valence-corrected chi connectivity index (χ4v) is 4.04. The first-order valence-electron chi connectivity index (χ1n) is 10.1. The van der Waals surface area contributed by atoms with Crippen molar-refractivity contribution in [3.63, 3.8) is 0 Å². The number of benzene rings is 1. The highest BCUT2D eigenvalue weighted by atomic mass is 16.5. The zero-order valence-corrected chi connectivity index (χ0v) is 16.8. The number of rotatable bonds is 7. The number of aromatic nitrogens is 3. The van der Waals surface area contributed by atoms with Crippen molar-refractivity contribution in [2.75, 3.05) is 13.7 Å². The van der Waals surface area contributed by atoms with Gasteiger partial charge in [-0.05, 0) is 48.4 Å². The molecule has 1 atom stereocenters. The lowest BCUT2D eigenvalue weighted by molar-refractivity contribution is 0.0925. The normalized spacial score (nSPS) is 15.3. The summed E-state index contributed by atoms with van der Waals surface area (Å²) >= 11 is 0. The molecule has 0 bridgehead atoms. The topological polar surface area (TPSA) is 62.3 Å². The first-order valence-corrected chi connectivity index (χ1v) is 10.1. The zero-order valence-electron chi connectivity index (χ0n) is 16.8. The van der Waals surface area contributed by atoms with E-state index in [1.165, 1.54) is 0 Å². The van der Waals surface area contributed by atoms with Gasteiger partial charge in [0, 0.05) is 24.4 Å². The average molecular weight is 401 g/mol. The number of imidazole rings is 1. The Labute approximate surface area is 175 Å². The maximum atomic E-state index is 6.10. The Morgan fingerprint density at radius 1 is 1.10 bits per heavy atom. The van der Waals surface area contributed by atoms with E-state index in [2.05, 4.69) is 9.55 Å². The second-order valence-electron chi connectivity index (χ2n) is 7.36. The minimum atomic E-state index is 0.234. The molecule has 6 nitrogen and oxygen atoms in total. The quantitative estimate of drug-likeness (QED) is 0.440. The van der Waals surface area contributed by atoms with Crippen molar-refractivity contribution in [1.82, 2.24) is 14.5 Å². The summed E-state index contributed by atoms with van der Waals surface area (Å²) in [6, 6.07) is 16.1. The van der Waals surface area contributed by atoms with Gasteiger partial charge in [0.15, 0.2) is 5.76 Å². The van der Waals surface area contributed by atoms with E-state index in [-0.39, 0.29) is 6.04 Å². The fourth-order valence-electron chi connectivity index (χ4n) is 4.04. The van der Waals surface area contributed by atoms with E-state index < -0.39 is 0 Å². The van der Waals surface area contributed by atoms with Crippen LogP contribution in [-0.2, 0) is 17.8 Å². The molecule has 30 heavy (non-hydrogen) atoms. The van der Waals surface area contributed by atoms with Crippen molar-refractivity contribution in [3.05, 3.63) is 78.6 Å². The van der Waals surface area contributed by atoms with Gasteiger partial charge in [-0.15, -0.1) is 0 Å². The van der Waals surface area contributed by atoms with E-state index in [1.807, 2.05) is 60.9 Å². The minimum Gasteiger partial charge on any atom is -0.497 e. The molecule has 5 rings (SSSR count). The SMILES string of the molecule is COc1ccc(COC[C@@H]2CCc3nc(-c4ccco4)c(-c4ccncc4)n32)cc1. The van der Waals surface area contributed by atoms with Crippen molar-refractivity contribution >= 4 is 0 Å². The van der Waals surface area contributed by atoms with Gasteiger partial charge in [0.2, 0.25) is 0 Å². The number of methoxy groups -OCH3 is 1. The Hall–Kier alpha value is -3.38. The standard InChI is InChI=1S/C24H23N3O3/c1-28-20-7-4-17(5-8-20)15-29-16-19-6-9-22-26-23(21-3-2-14-30-21)24(27(19)22)18-10-12-25-13-11-18/h2-5,7-8,10-14,19H,6,9,15-16H2,1H3/t19-/m0/s1. The largest absolute Gasteiger partial charge is 0.497 e. The summed E-state index contributed by atoms with van der Waals surface area (Å²) in [5.41, 5.74) is 4.15. The van der Waals surface area contributed by atoms with Gasteiger partial charge in [0.25, 0.3) is 0 Å². The van der Waals surface area contributed by atoms with Crippen molar-refractivity contribution in [1.29, 1.82) is 0 Å². The Bertz CT molecular complexity index is 1100. The van der Waals surface area contributed by atoms with Crippen LogP contribution >= 0.6 is 0 Å². The van der Waals surface area contributed by atoms with Gasteiger partial charge < -0.3 is 18.5 Å². The lowest BCUT2D eigenvalue weighted by Crippen LogP contribution is -2.13. The predicted octanol–water partition coefficient (Wildman–Crippen LogP) is 4.92. The molecule has 4 heterocycles. The van der Waals surface area contributed by atoms with Crippen molar-refractivity contribution < 1.29 is 13.9 Å². The van der Waals surface area contributed by atoms with Gasteiger partial charge in [-0.2, -0.15) is 0 Å². The minimum absolute atomic E-state index is 0.234. The van der Waals surface area contributed by atoms with Crippen LogP contribution in [0, 0.1) is 0 Å². The molecule has 0 fully saturated rings. The number of pyridine rings is 1. The summed E-state index contributed by atoms with van der Waals surface area (Å²) in [4.78, 5) is 9.09. The number of aryl methyl sites for hydroxylation is 1. The number of nitrogens with zero attached hydrogens (tertiary/aromatic N) is 3. The van der Waals surface area contributed by atoms with Gasteiger partial charge in [0.1, 0.15) is 17.3 Å². The maximum absolute atomic E-state index is 6.10. The molecular weight excluding hydrogens is 378 g/mol. The summed E-state index contributed by atoms with van der Waals surface area (Å²) in [7, 11) is 1.67. The number of hydrogen-bond acceptors (Lipinski definition) is 5. The smallest absolute Gasteiger partial charge is 0.154 e. The zero-order chi connectivity index (χ0) is 20.3.